The summed E-state index contributed by atoms with van der Waals surface area (Å²) in [5.74, 6) is 0.114. The second-order valence-electron chi connectivity index (χ2n) is 5.60. The topological polar surface area (TPSA) is 72.3 Å². The van der Waals surface area contributed by atoms with Crippen molar-refractivity contribution in [3.05, 3.63) is 53.1 Å². The van der Waals surface area contributed by atoms with Crippen LogP contribution in [0.1, 0.15) is 15.9 Å². The molecule has 0 bridgehead atoms. The number of nitrogens with zero attached hydrogens (tertiary/aromatic N) is 1. The molecule has 0 radical (unpaired) electrons. The van der Waals surface area contributed by atoms with Gasteiger partial charge in [-0.2, -0.15) is 0 Å². The van der Waals surface area contributed by atoms with E-state index in [9.17, 15) is 4.79 Å². The Morgan fingerprint density at radius 1 is 0.955 bits per heavy atom. The minimum absolute atomic E-state index is 0.114. The summed E-state index contributed by atoms with van der Waals surface area (Å²) >= 11 is 0. The molecule has 0 heterocycles. The molecule has 0 unspecified atom stereocenters. The maximum absolute atomic E-state index is 12.8. The second kappa shape index (κ2) is 6.40. The van der Waals surface area contributed by atoms with Crippen LogP contribution in [0.25, 0.3) is 16.8 Å². The van der Waals surface area contributed by atoms with Crippen molar-refractivity contribution in [2.24, 2.45) is 11.5 Å². The van der Waals surface area contributed by atoms with E-state index in [2.05, 4.69) is 11.0 Å². The molecular weight excluding hydrogens is 274 g/mol. The van der Waals surface area contributed by atoms with Crippen molar-refractivity contribution < 1.29 is 4.79 Å². The third kappa shape index (κ3) is 2.68. The molecule has 0 atom stereocenters. The zero-order valence-electron chi connectivity index (χ0n) is 12.6. The number of carbonyl (C=O) groups is 1. The van der Waals surface area contributed by atoms with Gasteiger partial charge in [0.25, 0.3) is 0 Å². The fourth-order valence-corrected chi connectivity index (χ4v) is 3.10. The summed E-state index contributed by atoms with van der Waals surface area (Å²) in [5.41, 5.74) is 14.0. The first-order valence-electron chi connectivity index (χ1n) is 7.64. The number of ketones is 1. The molecule has 2 aromatic carbocycles. The van der Waals surface area contributed by atoms with Crippen LogP contribution in [0.3, 0.4) is 0 Å². The molecule has 0 saturated carbocycles. The monoisotopic (exact) mass is 295 g/mol. The zero-order chi connectivity index (χ0) is 15.5. The Bertz CT molecular complexity index is 725. The summed E-state index contributed by atoms with van der Waals surface area (Å²) in [6.07, 6.45) is 2.01. The minimum atomic E-state index is 0.114. The van der Waals surface area contributed by atoms with Crippen LogP contribution in [-0.4, -0.2) is 43.4 Å². The van der Waals surface area contributed by atoms with E-state index in [0.717, 1.165) is 40.6 Å². The van der Waals surface area contributed by atoms with E-state index in [-0.39, 0.29) is 5.78 Å². The van der Waals surface area contributed by atoms with Gasteiger partial charge in [-0.1, -0.05) is 36.4 Å². The Hall–Kier alpha value is -2.01. The van der Waals surface area contributed by atoms with Gasteiger partial charge in [-0.3, -0.25) is 9.69 Å². The number of benzene rings is 2. The average molecular weight is 295 g/mol. The lowest BCUT2D eigenvalue weighted by Gasteiger charge is -2.24. The van der Waals surface area contributed by atoms with Crippen molar-refractivity contribution in [3.8, 4) is 0 Å². The number of carbonyl (C=O) groups excluding carboxylic acids is 1. The summed E-state index contributed by atoms with van der Waals surface area (Å²) < 4.78 is 0. The van der Waals surface area contributed by atoms with Crippen LogP contribution in [-0.2, 0) is 0 Å². The fraction of sp³-hybridized carbons (Fsp3) is 0.278. The first-order valence-corrected chi connectivity index (χ1v) is 7.64. The summed E-state index contributed by atoms with van der Waals surface area (Å²) in [7, 11) is 0. The van der Waals surface area contributed by atoms with Gasteiger partial charge < -0.3 is 11.5 Å². The molecule has 0 aromatic heterocycles. The third-order valence-corrected chi connectivity index (χ3v) is 4.09. The van der Waals surface area contributed by atoms with Gasteiger partial charge in [0, 0.05) is 49.2 Å². The van der Waals surface area contributed by atoms with E-state index >= 15 is 0 Å². The van der Waals surface area contributed by atoms with Crippen LogP contribution in [0.2, 0.25) is 0 Å². The van der Waals surface area contributed by atoms with Gasteiger partial charge in [-0.25, -0.2) is 0 Å². The lowest BCUT2D eigenvalue weighted by Crippen LogP contribution is -2.36. The van der Waals surface area contributed by atoms with Gasteiger partial charge in [-0.15, -0.1) is 0 Å². The largest absolute Gasteiger partial charge is 0.329 e. The van der Waals surface area contributed by atoms with Gasteiger partial charge in [0.2, 0.25) is 0 Å². The number of nitrogens with two attached hydrogens (primary N) is 2. The lowest BCUT2D eigenvalue weighted by molar-refractivity contribution is 0.102. The molecule has 3 rings (SSSR count). The van der Waals surface area contributed by atoms with Crippen molar-refractivity contribution in [1.82, 2.24) is 4.90 Å². The maximum atomic E-state index is 12.8. The fourth-order valence-electron chi connectivity index (χ4n) is 3.10. The lowest BCUT2D eigenvalue weighted by atomic mass is 9.88. The van der Waals surface area contributed by atoms with Gasteiger partial charge in [-0.05, 0) is 17.0 Å². The van der Waals surface area contributed by atoms with E-state index in [0.29, 0.717) is 19.6 Å². The van der Waals surface area contributed by atoms with E-state index in [1.54, 1.807) is 0 Å². The quantitative estimate of drug-likeness (QED) is 0.850. The van der Waals surface area contributed by atoms with Gasteiger partial charge >= 0.3 is 0 Å². The van der Waals surface area contributed by atoms with E-state index in [1.807, 2.05) is 36.4 Å². The molecule has 22 heavy (non-hydrogen) atoms. The minimum Gasteiger partial charge on any atom is -0.329 e. The van der Waals surface area contributed by atoms with Crippen molar-refractivity contribution >= 4 is 22.6 Å². The Morgan fingerprint density at radius 3 is 2.32 bits per heavy atom. The van der Waals surface area contributed by atoms with E-state index < -0.39 is 0 Å². The van der Waals surface area contributed by atoms with E-state index in [1.165, 1.54) is 0 Å². The molecule has 1 aliphatic carbocycles. The Kier molecular flexibility index (Phi) is 4.34. The Balaban J connectivity index is 1.99. The van der Waals surface area contributed by atoms with Crippen molar-refractivity contribution in [2.75, 3.05) is 32.7 Å². The summed E-state index contributed by atoms with van der Waals surface area (Å²) in [6.45, 7) is 3.21. The average Bonchev–Trinajstić information content (AvgIpc) is 2.53. The van der Waals surface area contributed by atoms with E-state index in [4.69, 9.17) is 11.5 Å². The first-order chi connectivity index (χ1) is 10.7. The van der Waals surface area contributed by atoms with Gasteiger partial charge in [0.1, 0.15) is 0 Å². The standard InChI is InChI=1S/C18H21N3O/c19-7-9-21(10-8-20)12-15-11-14-5-1-3-13-4-2-6-16(17(13)14)18(15)22/h1-6,11H,7-10,12,19-20H2. The second-order valence-corrected chi connectivity index (χ2v) is 5.60. The van der Waals surface area contributed by atoms with Crippen molar-refractivity contribution in [2.45, 2.75) is 0 Å². The summed E-state index contributed by atoms with van der Waals surface area (Å²) in [5, 5.41) is 2.17. The van der Waals surface area contributed by atoms with Crippen LogP contribution >= 0.6 is 0 Å². The smallest absolute Gasteiger partial charge is 0.190 e. The molecule has 0 saturated heterocycles. The molecule has 2 aromatic rings. The SMILES string of the molecule is NCCN(CCN)CC1=Cc2cccc3cccc(c23)C1=O. The molecule has 0 fully saturated rings. The highest BCUT2D eigenvalue weighted by molar-refractivity contribution is 6.22. The molecule has 4 N–H and O–H groups in total. The highest BCUT2D eigenvalue weighted by Crippen LogP contribution is 2.31. The molecule has 0 spiro atoms. The van der Waals surface area contributed by atoms with Crippen LogP contribution in [0.15, 0.2) is 42.0 Å². The van der Waals surface area contributed by atoms with Gasteiger partial charge in [0.15, 0.2) is 5.78 Å². The van der Waals surface area contributed by atoms with Crippen LogP contribution in [0.4, 0.5) is 0 Å². The molecular formula is C18H21N3O. The predicted octanol–water partition coefficient (Wildman–Crippen LogP) is 1.64. The van der Waals surface area contributed by atoms with Crippen LogP contribution < -0.4 is 11.5 Å². The number of hydrogen-bond donors (Lipinski definition) is 2. The number of Topliss-reactive ketones (excluding diaryl/α,β-unsaturated/α-hetero) is 1. The summed E-state index contributed by atoms with van der Waals surface area (Å²) in [6, 6.07) is 12.0. The van der Waals surface area contributed by atoms with Crippen molar-refractivity contribution in [1.29, 1.82) is 0 Å². The van der Waals surface area contributed by atoms with Crippen molar-refractivity contribution in [3.63, 3.8) is 0 Å². The van der Waals surface area contributed by atoms with Crippen LogP contribution in [0, 0.1) is 0 Å². The zero-order valence-corrected chi connectivity index (χ0v) is 12.6. The Morgan fingerprint density at radius 2 is 1.64 bits per heavy atom. The summed E-state index contributed by atoms with van der Waals surface area (Å²) in [4.78, 5) is 14.9. The van der Waals surface area contributed by atoms with Crippen LogP contribution in [0.5, 0.6) is 0 Å². The molecule has 4 nitrogen and oxygen atoms in total. The first kappa shape index (κ1) is 14.9. The normalized spacial score (nSPS) is 13.8. The highest BCUT2D eigenvalue weighted by atomic mass is 16.1. The van der Waals surface area contributed by atoms with Gasteiger partial charge in [0.05, 0.1) is 0 Å². The molecule has 114 valence electrons. The molecule has 1 aliphatic rings. The number of hydrogen-bond acceptors (Lipinski definition) is 4. The highest BCUT2D eigenvalue weighted by Gasteiger charge is 2.22. The maximum Gasteiger partial charge on any atom is 0.190 e. The molecule has 0 amide bonds. The molecule has 0 aliphatic heterocycles. The number of rotatable bonds is 6. The predicted molar refractivity (Wildman–Crippen MR) is 90.8 cm³/mol. The third-order valence-electron chi connectivity index (χ3n) is 4.09. The molecule has 4 heteroatoms. The Labute approximate surface area is 130 Å².